The predicted molar refractivity (Wildman–Crippen MR) is 185 cm³/mol. The molecule has 10 heteroatoms. The Balaban J connectivity index is 1.25. The number of nitrogens with one attached hydrogen (secondary N) is 2. The van der Waals surface area contributed by atoms with Crippen LogP contribution >= 0.6 is 0 Å². The Bertz CT molecular complexity index is 1760. The van der Waals surface area contributed by atoms with Gasteiger partial charge in [0.2, 0.25) is 5.91 Å². The van der Waals surface area contributed by atoms with Gasteiger partial charge in [-0.25, -0.2) is 9.59 Å². The lowest BCUT2D eigenvalue weighted by molar-refractivity contribution is -0.139. The predicted octanol–water partition coefficient (Wildman–Crippen LogP) is 6.73. The summed E-state index contributed by atoms with van der Waals surface area (Å²) in [5.41, 5.74) is 2.81. The van der Waals surface area contributed by atoms with Crippen LogP contribution in [0.1, 0.15) is 76.4 Å². The number of hydrogen-bond acceptors (Lipinski definition) is 7. The van der Waals surface area contributed by atoms with E-state index in [-0.39, 0.29) is 24.3 Å². The molecule has 0 fully saturated rings. The van der Waals surface area contributed by atoms with E-state index in [9.17, 15) is 24.3 Å². The van der Waals surface area contributed by atoms with Crippen molar-refractivity contribution in [1.82, 2.24) is 5.32 Å². The zero-order valence-corrected chi connectivity index (χ0v) is 27.3. The number of nitrogens with zero attached hydrogens (tertiary/aromatic N) is 1. The lowest BCUT2D eigenvalue weighted by Crippen LogP contribution is -2.42. The van der Waals surface area contributed by atoms with Crippen LogP contribution in [-0.4, -0.2) is 41.5 Å². The number of carboxylic acid groups (broad SMARTS) is 1. The van der Waals surface area contributed by atoms with Crippen LogP contribution in [0.3, 0.4) is 0 Å². The molecule has 2 amide bonds. The molecule has 4 rings (SSSR count). The van der Waals surface area contributed by atoms with Crippen molar-refractivity contribution >= 4 is 29.4 Å². The van der Waals surface area contributed by atoms with Gasteiger partial charge >= 0.3 is 11.9 Å². The highest BCUT2D eigenvalue weighted by molar-refractivity contribution is 5.98. The highest BCUT2D eigenvalue weighted by Crippen LogP contribution is 2.19. The normalized spacial score (nSPS) is 11.1. The molecule has 0 aliphatic carbocycles. The highest BCUT2D eigenvalue weighted by Gasteiger charge is 2.21. The first-order chi connectivity index (χ1) is 23.7. The number of amides is 2. The van der Waals surface area contributed by atoms with Gasteiger partial charge in [0.1, 0.15) is 17.5 Å². The molecule has 1 atom stereocenters. The van der Waals surface area contributed by atoms with E-state index in [1.807, 2.05) is 6.07 Å². The Kier molecular flexibility index (Phi) is 13.5. The van der Waals surface area contributed by atoms with E-state index in [1.54, 1.807) is 84.9 Å². The fourth-order valence-electron chi connectivity index (χ4n) is 4.97. The Morgan fingerprint density at radius 2 is 1.47 bits per heavy atom. The third-order valence-electron chi connectivity index (χ3n) is 7.64. The van der Waals surface area contributed by atoms with Crippen LogP contribution in [0.5, 0.6) is 11.5 Å². The van der Waals surface area contributed by atoms with E-state index in [4.69, 9.17) is 14.7 Å². The van der Waals surface area contributed by atoms with Gasteiger partial charge in [0.05, 0.1) is 30.2 Å². The van der Waals surface area contributed by atoms with E-state index in [0.717, 1.165) is 12.8 Å². The monoisotopic (exact) mass is 661 g/mol. The second kappa shape index (κ2) is 18.4. The van der Waals surface area contributed by atoms with Crippen LogP contribution < -0.4 is 20.1 Å². The zero-order valence-electron chi connectivity index (χ0n) is 27.3. The number of anilines is 1. The number of rotatable bonds is 17. The molecule has 0 spiro atoms. The van der Waals surface area contributed by atoms with Crippen LogP contribution in [0.25, 0.3) is 0 Å². The topological polar surface area (TPSA) is 155 Å². The molecule has 4 aromatic rings. The molecule has 0 saturated heterocycles. The molecule has 0 aliphatic rings. The van der Waals surface area contributed by atoms with E-state index in [0.29, 0.717) is 46.0 Å². The molecule has 0 radical (unpaired) electrons. The third-order valence-corrected chi connectivity index (χ3v) is 7.64. The molecule has 49 heavy (non-hydrogen) atoms. The Morgan fingerprint density at radius 1 is 0.796 bits per heavy atom. The molecule has 0 saturated carbocycles. The second-order valence-corrected chi connectivity index (χ2v) is 11.5. The smallest absolute Gasteiger partial charge is 0.343 e. The zero-order chi connectivity index (χ0) is 35.0. The van der Waals surface area contributed by atoms with Gasteiger partial charge in [-0.3, -0.25) is 9.59 Å². The van der Waals surface area contributed by atoms with Crippen molar-refractivity contribution in [2.75, 3.05) is 11.9 Å². The van der Waals surface area contributed by atoms with Crippen LogP contribution in [0, 0.1) is 11.3 Å². The van der Waals surface area contributed by atoms with Gasteiger partial charge in [0.15, 0.2) is 0 Å². The minimum absolute atomic E-state index is 0.00346. The van der Waals surface area contributed by atoms with Crippen molar-refractivity contribution in [1.29, 1.82) is 5.26 Å². The standard InChI is InChI=1S/C39H39N3O7/c1-2-3-4-5-6-22-48-33-20-14-31(15-21-33)39(47)49-34-18-10-27(11-19-34)24-35(38(45)46)42-37(44)30-12-16-32(17-13-30)41-36(43)25-28-8-7-9-29(23-28)26-40/h7-21,23,35H,2-6,22,24-25H2,1H3,(H,41,43)(H,42,44)(H,45,46)/t35-/m0/s1. The average Bonchev–Trinajstić information content (AvgIpc) is 3.10. The minimum atomic E-state index is -1.22. The van der Waals surface area contributed by atoms with Crippen molar-refractivity contribution in [3.8, 4) is 17.6 Å². The summed E-state index contributed by atoms with van der Waals surface area (Å²) < 4.78 is 11.2. The van der Waals surface area contributed by atoms with E-state index < -0.39 is 23.9 Å². The summed E-state index contributed by atoms with van der Waals surface area (Å²) in [7, 11) is 0. The number of unbranched alkanes of at least 4 members (excludes halogenated alkanes) is 4. The summed E-state index contributed by atoms with van der Waals surface area (Å²) in [5, 5.41) is 24.1. The molecule has 0 bridgehead atoms. The Hall–Kier alpha value is -5.95. The summed E-state index contributed by atoms with van der Waals surface area (Å²) in [6.45, 7) is 2.81. The summed E-state index contributed by atoms with van der Waals surface area (Å²) in [6.07, 6.45) is 5.81. The molecule has 4 aromatic carbocycles. The van der Waals surface area contributed by atoms with Crippen molar-refractivity contribution < 1.29 is 33.8 Å². The van der Waals surface area contributed by atoms with Crippen molar-refractivity contribution in [3.63, 3.8) is 0 Å². The summed E-state index contributed by atoms with van der Waals surface area (Å²) in [4.78, 5) is 49.9. The average molecular weight is 662 g/mol. The number of aliphatic carboxylic acids is 1. The number of esters is 1. The second-order valence-electron chi connectivity index (χ2n) is 11.5. The maximum absolute atomic E-state index is 12.9. The molecule has 0 aromatic heterocycles. The van der Waals surface area contributed by atoms with Crippen LogP contribution in [0.15, 0.2) is 97.1 Å². The molecular formula is C39H39N3O7. The van der Waals surface area contributed by atoms with Gasteiger partial charge in [-0.15, -0.1) is 0 Å². The molecule has 0 unspecified atom stereocenters. The summed E-state index contributed by atoms with van der Waals surface area (Å²) in [5.74, 6) is -1.65. The molecular weight excluding hydrogens is 622 g/mol. The van der Waals surface area contributed by atoms with Crippen molar-refractivity contribution in [2.24, 2.45) is 0 Å². The molecule has 0 aliphatic heterocycles. The van der Waals surface area contributed by atoms with Gasteiger partial charge in [-0.2, -0.15) is 5.26 Å². The van der Waals surface area contributed by atoms with Gasteiger partial charge in [0.25, 0.3) is 5.91 Å². The van der Waals surface area contributed by atoms with E-state index in [2.05, 4.69) is 17.6 Å². The van der Waals surface area contributed by atoms with Crippen molar-refractivity contribution in [3.05, 3.63) is 125 Å². The van der Waals surface area contributed by atoms with Gasteiger partial charge in [-0.1, -0.05) is 56.9 Å². The number of hydrogen-bond donors (Lipinski definition) is 3. The molecule has 252 valence electrons. The first-order valence-electron chi connectivity index (χ1n) is 16.2. The van der Waals surface area contributed by atoms with Crippen LogP contribution in [0.2, 0.25) is 0 Å². The minimum Gasteiger partial charge on any atom is -0.494 e. The van der Waals surface area contributed by atoms with E-state index >= 15 is 0 Å². The first-order valence-corrected chi connectivity index (χ1v) is 16.2. The lowest BCUT2D eigenvalue weighted by Gasteiger charge is -2.15. The first kappa shape index (κ1) is 35.9. The lowest BCUT2D eigenvalue weighted by atomic mass is 10.0. The van der Waals surface area contributed by atoms with Crippen LogP contribution in [0.4, 0.5) is 5.69 Å². The number of carbonyl (C=O) groups excluding carboxylic acids is 3. The fourth-order valence-corrected chi connectivity index (χ4v) is 4.97. The molecule has 10 nitrogen and oxygen atoms in total. The molecule has 0 heterocycles. The Morgan fingerprint density at radius 3 is 2.14 bits per heavy atom. The largest absolute Gasteiger partial charge is 0.494 e. The maximum atomic E-state index is 12.9. The van der Waals surface area contributed by atoms with Crippen molar-refractivity contribution in [2.45, 2.75) is 57.9 Å². The van der Waals surface area contributed by atoms with Gasteiger partial charge in [0, 0.05) is 17.7 Å². The number of ether oxygens (including phenoxy) is 2. The summed E-state index contributed by atoms with van der Waals surface area (Å²) >= 11 is 0. The third kappa shape index (κ3) is 11.7. The van der Waals surface area contributed by atoms with E-state index in [1.165, 1.54) is 31.4 Å². The van der Waals surface area contributed by atoms with Gasteiger partial charge in [-0.05, 0) is 90.3 Å². The Labute approximate surface area is 285 Å². The van der Waals surface area contributed by atoms with Gasteiger partial charge < -0.3 is 25.2 Å². The number of carboxylic acids is 1. The SMILES string of the molecule is CCCCCCCOc1ccc(C(=O)Oc2ccc(C[C@H](NC(=O)c3ccc(NC(=O)Cc4cccc(C#N)c4)cc3)C(=O)O)cc2)cc1. The summed E-state index contributed by atoms with van der Waals surface area (Å²) in [6, 6.07) is 26.8. The highest BCUT2D eigenvalue weighted by atomic mass is 16.5. The molecule has 3 N–H and O–H groups in total. The fraction of sp³-hybridized carbons (Fsp3) is 0.256. The number of carbonyl (C=O) groups is 4. The number of nitriles is 1. The maximum Gasteiger partial charge on any atom is 0.343 e. The number of benzene rings is 4. The quantitative estimate of drug-likeness (QED) is 0.0639. The van der Waals surface area contributed by atoms with Crippen LogP contribution in [-0.2, 0) is 22.4 Å².